The number of benzene rings is 3. The largest absolute Gasteiger partial charge is 0.497 e. The molecule has 168 valence electrons. The highest BCUT2D eigenvalue weighted by Gasteiger charge is 2.29. The van der Waals surface area contributed by atoms with Crippen LogP contribution in [0.15, 0.2) is 76.1 Å². The second-order valence-corrected chi connectivity index (χ2v) is 9.31. The van der Waals surface area contributed by atoms with Crippen molar-refractivity contribution in [3.63, 3.8) is 0 Å². The molecule has 0 fully saturated rings. The molecule has 0 saturated heterocycles. The summed E-state index contributed by atoms with van der Waals surface area (Å²) in [6, 6.07) is 16.3. The van der Waals surface area contributed by atoms with Crippen LogP contribution in [0, 0.1) is 5.82 Å². The third kappa shape index (κ3) is 5.20. The van der Waals surface area contributed by atoms with Crippen LogP contribution in [0.5, 0.6) is 11.5 Å². The van der Waals surface area contributed by atoms with Gasteiger partial charge in [-0.2, -0.15) is 0 Å². The minimum atomic E-state index is -4.18. The van der Waals surface area contributed by atoms with Gasteiger partial charge in [0, 0.05) is 4.47 Å². The zero-order valence-corrected chi connectivity index (χ0v) is 19.6. The molecule has 0 atom stereocenters. The first kappa shape index (κ1) is 23.6. The zero-order valence-electron chi connectivity index (χ0n) is 17.2. The Hall–Kier alpha value is -3.11. The molecule has 0 aliphatic rings. The summed E-state index contributed by atoms with van der Waals surface area (Å²) >= 11 is 3.15. The van der Waals surface area contributed by atoms with Gasteiger partial charge in [0.2, 0.25) is 5.91 Å². The smallest absolute Gasteiger partial charge is 0.264 e. The van der Waals surface area contributed by atoms with Crippen molar-refractivity contribution in [3.8, 4) is 11.5 Å². The topological polar surface area (TPSA) is 84.9 Å². The number of nitrogens with zero attached hydrogens (tertiary/aromatic N) is 1. The van der Waals surface area contributed by atoms with Gasteiger partial charge in [-0.1, -0.05) is 28.1 Å². The molecule has 0 aliphatic heterocycles. The van der Waals surface area contributed by atoms with Gasteiger partial charge in [-0.15, -0.1) is 0 Å². The molecule has 32 heavy (non-hydrogen) atoms. The lowest BCUT2D eigenvalue weighted by Crippen LogP contribution is -2.38. The predicted molar refractivity (Wildman–Crippen MR) is 123 cm³/mol. The molecule has 0 heterocycles. The molecule has 0 aromatic heterocycles. The lowest BCUT2D eigenvalue weighted by atomic mass is 10.3. The third-order valence-corrected chi connectivity index (χ3v) is 6.76. The summed E-state index contributed by atoms with van der Waals surface area (Å²) in [5.74, 6) is -0.646. The lowest BCUT2D eigenvalue weighted by molar-refractivity contribution is -0.114. The van der Waals surface area contributed by atoms with Gasteiger partial charge in [-0.05, 0) is 54.6 Å². The first-order chi connectivity index (χ1) is 15.3. The highest BCUT2D eigenvalue weighted by atomic mass is 79.9. The van der Waals surface area contributed by atoms with Crippen molar-refractivity contribution < 1.29 is 27.1 Å². The number of anilines is 2. The van der Waals surface area contributed by atoms with E-state index < -0.39 is 28.3 Å². The SMILES string of the molecule is COc1ccc(S(=O)(=O)N(CC(=O)Nc2ccc(Br)cc2F)c2ccccc2OC)cc1. The highest BCUT2D eigenvalue weighted by Crippen LogP contribution is 2.32. The van der Waals surface area contributed by atoms with Crippen LogP contribution in [0.2, 0.25) is 0 Å². The average molecular weight is 523 g/mol. The van der Waals surface area contributed by atoms with Crippen LogP contribution in [0.25, 0.3) is 0 Å². The molecule has 10 heteroatoms. The van der Waals surface area contributed by atoms with E-state index in [0.717, 1.165) is 4.31 Å². The molecule has 0 unspecified atom stereocenters. The van der Waals surface area contributed by atoms with Gasteiger partial charge >= 0.3 is 0 Å². The second-order valence-electron chi connectivity index (χ2n) is 6.53. The second kappa shape index (κ2) is 10.0. The maximum atomic E-state index is 14.2. The van der Waals surface area contributed by atoms with Crippen LogP contribution in [-0.2, 0) is 14.8 Å². The van der Waals surface area contributed by atoms with Gasteiger partial charge in [-0.3, -0.25) is 9.10 Å². The number of carbonyl (C=O) groups excluding carboxylic acids is 1. The van der Waals surface area contributed by atoms with E-state index in [2.05, 4.69) is 21.2 Å². The maximum Gasteiger partial charge on any atom is 0.264 e. The Morgan fingerprint density at radius 1 is 1.03 bits per heavy atom. The summed E-state index contributed by atoms with van der Waals surface area (Å²) in [5, 5.41) is 2.42. The van der Waals surface area contributed by atoms with E-state index in [-0.39, 0.29) is 22.0 Å². The Labute approximate surface area is 193 Å². The van der Waals surface area contributed by atoms with Gasteiger partial charge in [0.25, 0.3) is 10.0 Å². The molecular formula is C22H20BrFN2O5S. The van der Waals surface area contributed by atoms with E-state index in [1.165, 1.54) is 56.7 Å². The van der Waals surface area contributed by atoms with Gasteiger partial charge in [0.1, 0.15) is 23.9 Å². The number of ether oxygens (including phenoxy) is 2. The molecule has 1 N–H and O–H groups in total. The number of hydrogen-bond donors (Lipinski definition) is 1. The van der Waals surface area contributed by atoms with Gasteiger partial charge in [0.15, 0.2) is 0 Å². The maximum absolute atomic E-state index is 14.2. The van der Waals surface area contributed by atoms with E-state index in [9.17, 15) is 17.6 Å². The number of hydrogen-bond acceptors (Lipinski definition) is 5. The molecule has 7 nitrogen and oxygen atoms in total. The Kier molecular flexibility index (Phi) is 7.37. The summed E-state index contributed by atoms with van der Waals surface area (Å²) in [6.45, 7) is -0.607. The van der Waals surface area contributed by atoms with Crippen molar-refractivity contribution in [1.82, 2.24) is 0 Å². The zero-order chi connectivity index (χ0) is 23.3. The van der Waals surface area contributed by atoms with E-state index in [1.807, 2.05) is 0 Å². The molecule has 3 aromatic rings. The van der Waals surface area contributed by atoms with E-state index in [1.54, 1.807) is 24.3 Å². The fourth-order valence-electron chi connectivity index (χ4n) is 2.92. The minimum Gasteiger partial charge on any atom is -0.497 e. The average Bonchev–Trinajstić information content (AvgIpc) is 2.79. The Morgan fingerprint density at radius 2 is 1.72 bits per heavy atom. The number of halogens is 2. The summed E-state index contributed by atoms with van der Waals surface area (Å²) in [6.07, 6.45) is 0. The number of rotatable bonds is 8. The van der Waals surface area contributed by atoms with E-state index in [0.29, 0.717) is 10.2 Å². The van der Waals surface area contributed by atoms with Gasteiger partial charge < -0.3 is 14.8 Å². The van der Waals surface area contributed by atoms with Crippen molar-refractivity contribution in [2.45, 2.75) is 4.90 Å². The number of methoxy groups -OCH3 is 2. The van der Waals surface area contributed by atoms with E-state index in [4.69, 9.17) is 9.47 Å². The third-order valence-electron chi connectivity index (χ3n) is 4.49. The fourth-order valence-corrected chi connectivity index (χ4v) is 4.69. The first-order valence-electron chi connectivity index (χ1n) is 9.31. The van der Waals surface area contributed by atoms with E-state index >= 15 is 0 Å². The molecule has 1 amide bonds. The molecule has 0 saturated carbocycles. The van der Waals surface area contributed by atoms with Crippen molar-refractivity contribution in [1.29, 1.82) is 0 Å². The molecule has 0 radical (unpaired) electrons. The fraction of sp³-hybridized carbons (Fsp3) is 0.136. The standard InChI is InChI=1S/C22H20BrFN2O5S/c1-30-16-8-10-17(11-9-16)32(28,29)26(20-5-3-4-6-21(20)31-2)14-22(27)25-19-12-7-15(23)13-18(19)24/h3-13H,14H2,1-2H3,(H,25,27). The number of nitrogens with one attached hydrogen (secondary N) is 1. The first-order valence-corrected chi connectivity index (χ1v) is 11.5. The Balaban J connectivity index is 1.99. The van der Waals surface area contributed by atoms with Crippen LogP contribution in [0.4, 0.5) is 15.8 Å². The summed E-state index contributed by atoms with van der Waals surface area (Å²) < 4.78 is 52.9. The summed E-state index contributed by atoms with van der Waals surface area (Å²) in [7, 11) is -1.31. The summed E-state index contributed by atoms with van der Waals surface area (Å²) in [4.78, 5) is 12.7. The van der Waals surface area contributed by atoms with Crippen LogP contribution < -0.4 is 19.1 Å². The number of sulfonamides is 1. The van der Waals surface area contributed by atoms with Gasteiger partial charge in [-0.25, -0.2) is 12.8 Å². The Morgan fingerprint density at radius 3 is 2.34 bits per heavy atom. The molecule has 3 aromatic carbocycles. The quantitative estimate of drug-likeness (QED) is 0.472. The highest BCUT2D eigenvalue weighted by molar-refractivity contribution is 9.10. The monoisotopic (exact) mass is 522 g/mol. The predicted octanol–water partition coefficient (Wildman–Crippen LogP) is 4.44. The number of carbonyl (C=O) groups is 1. The normalized spacial score (nSPS) is 11.0. The molecule has 0 spiro atoms. The van der Waals surface area contributed by atoms with Crippen molar-refractivity contribution in [2.24, 2.45) is 0 Å². The molecule has 3 rings (SSSR count). The van der Waals surface area contributed by atoms with Gasteiger partial charge in [0.05, 0.1) is 30.5 Å². The molecule has 0 aliphatic carbocycles. The van der Waals surface area contributed by atoms with Crippen molar-refractivity contribution in [2.75, 3.05) is 30.4 Å². The minimum absolute atomic E-state index is 0.0492. The van der Waals surface area contributed by atoms with Crippen molar-refractivity contribution >= 4 is 43.2 Å². The Bertz CT molecular complexity index is 1220. The van der Waals surface area contributed by atoms with Crippen LogP contribution in [-0.4, -0.2) is 35.1 Å². The lowest BCUT2D eigenvalue weighted by Gasteiger charge is -2.25. The summed E-state index contributed by atoms with van der Waals surface area (Å²) in [5.41, 5.74) is 0.0947. The number of para-hydroxylation sites is 2. The molecule has 0 bridgehead atoms. The van der Waals surface area contributed by atoms with Crippen LogP contribution in [0.1, 0.15) is 0 Å². The van der Waals surface area contributed by atoms with Crippen molar-refractivity contribution in [3.05, 3.63) is 77.0 Å². The van der Waals surface area contributed by atoms with Crippen LogP contribution >= 0.6 is 15.9 Å². The molecular weight excluding hydrogens is 503 g/mol. The van der Waals surface area contributed by atoms with Crippen LogP contribution in [0.3, 0.4) is 0 Å². The number of amides is 1.